The zero-order valence-corrected chi connectivity index (χ0v) is 9.39. The maximum absolute atomic E-state index is 2.42. The van der Waals surface area contributed by atoms with Gasteiger partial charge in [-0.2, -0.15) is 0 Å². The first-order valence-electron chi connectivity index (χ1n) is 4.47. The van der Waals surface area contributed by atoms with Crippen molar-refractivity contribution in [1.82, 2.24) is 0 Å². The van der Waals surface area contributed by atoms with Gasteiger partial charge >= 0.3 is 0 Å². The van der Waals surface area contributed by atoms with Crippen LogP contribution in [0.2, 0.25) is 0 Å². The van der Waals surface area contributed by atoms with Crippen LogP contribution in [0.1, 0.15) is 33.1 Å². The summed E-state index contributed by atoms with van der Waals surface area (Å²) in [6, 6.07) is 0. The molecule has 2 bridgehead atoms. The Hall–Kier alpha value is 0.470. The van der Waals surface area contributed by atoms with Crippen LogP contribution in [0.5, 0.6) is 0 Å². The lowest BCUT2D eigenvalue weighted by Crippen LogP contribution is -2.22. The molecule has 2 fully saturated rings. The highest BCUT2D eigenvalue weighted by Gasteiger charge is 2.48. The molecule has 0 aliphatic heterocycles. The summed E-state index contributed by atoms with van der Waals surface area (Å²) in [5.41, 5.74) is 2.26. The van der Waals surface area contributed by atoms with E-state index in [2.05, 4.69) is 40.5 Å². The molecule has 0 radical (unpaired) electrons. The molecule has 2 aliphatic rings. The highest BCUT2D eigenvalue weighted by molar-refractivity contribution is 14.1. The van der Waals surface area contributed by atoms with Gasteiger partial charge in [-0.3, -0.25) is 0 Å². The van der Waals surface area contributed by atoms with Gasteiger partial charge < -0.3 is 0 Å². The summed E-state index contributed by atoms with van der Waals surface area (Å²) in [6.07, 6.45) is 4.41. The molecule has 62 valence electrons. The monoisotopic (exact) mass is 262 g/mol. The third kappa shape index (κ3) is 0.995. The van der Waals surface area contributed by atoms with E-state index in [1.807, 2.05) is 0 Å². The molecular formula is C10H15I. The van der Waals surface area contributed by atoms with E-state index in [0.29, 0.717) is 5.41 Å². The van der Waals surface area contributed by atoms with E-state index in [-0.39, 0.29) is 0 Å². The van der Waals surface area contributed by atoms with Gasteiger partial charge in [0.1, 0.15) is 0 Å². The average Bonchev–Trinajstić information content (AvgIpc) is 2.44. The van der Waals surface area contributed by atoms with Gasteiger partial charge in [0, 0.05) is 0 Å². The van der Waals surface area contributed by atoms with Gasteiger partial charge in [-0.15, -0.1) is 0 Å². The number of fused-ring (bicyclic) bond motifs is 2. The van der Waals surface area contributed by atoms with E-state index in [1.165, 1.54) is 19.3 Å². The van der Waals surface area contributed by atoms with Crippen molar-refractivity contribution >= 4 is 22.6 Å². The lowest BCUT2D eigenvalue weighted by Gasteiger charge is -2.32. The highest BCUT2D eigenvalue weighted by Crippen LogP contribution is 2.59. The van der Waals surface area contributed by atoms with Crippen molar-refractivity contribution in [2.75, 3.05) is 0 Å². The van der Waals surface area contributed by atoms with Crippen molar-refractivity contribution in [2.45, 2.75) is 33.1 Å². The summed E-state index contributed by atoms with van der Waals surface area (Å²) in [6.45, 7) is 4.84. The van der Waals surface area contributed by atoms with Crippen LogP contribution in [0.15, 0.2) is 9.66 Å². The molecule has 2 aliphatic carbocycles. The van der Waals surface area contributed by atoms with E-state index in [1.54, 1.807) is 5.57 Å². The standard InChI is InChI=1S/C10H15I/c1-10(2)8-4-3-7(5-8)9(10)6-11/h6-8H,3-5H2,1-2H3/b9-6+/t7-,8+/m0/s1. The van der Waals surface area contributed by atoms with Gasteiger partial charge in [0.15, 0.2) is 0 Å². The van der Waals surface area contributed by atoms with E-state index in [0.717, 1.165) is 11.8 Å². The summed E-state index contributed by atoms with van der Waals surface area (Å²) in [7, 11) is 0. The topological polar surface area (TPSA) is 0 Å². The van der Waals surface area contributed by atoms with Crippen LogP contribution in [0.3, 0.4) is 0 Å². The number of rotatable bonds is 0. The van der Waals surface area contributed by atoms with Crippen molar-refractivity contribution in [3.8, 4) is 0 Å². The smallest absolute Gasteiger partial charge is 0.0106 e. The Bertz CT molecular complexity index is 203. The lowest BCUT2D eigenvalue weighted by atomic mass is 9.73. The molecule has 1 heteroatoms. The molecule has 0 nitrogen and oxygen atoms in total. The second-order valence-corrected chi connectivity index (χ2v) is 5.12. The number of hydrogen-bond acceptors (Lipinski definition) is 0. The van der Waals surface area contributed by atoms with Crippen LogP contribution in [0.25, 0.3) is 0 Å². The van der Waals surface area contributed by atoms with E-state index in [4.69, 9.17) is 0 Å². The molecule has 0 aromatic carbocycles. The maximum atomic E-state index is 2.42. The minimum Gasteiger partial charge on any atom is -0.0558 e. The van der Waals surface area contributed by atoms with Gasteiger partial charge in [0.05, 0.1) is 0 Å². The Morgan fingerprint density at radius 3 is 2.55 bits per heavy atom. The second kappa shape index (κ2) is 2.48. The van der Waals surface area contributed by atoms with Crippen LogP contribution >= 0.6 is 22.6 Å². The zero-order valence-electron chi connectivity index (χ0n) is 7.23. The van der Waals surface area contributed by atoms with Crippen LogP contribution in [0, 0.1) is 17.3 Å². The third-order valence-electron chi connectivity index (χ3n) is 3.75. The fourth-order valence-electron chi connectivity index (χ4n) is 2.91. The normalized spacial score (nSPS) is 43.7. The first kappa shape index (κ1) is 8.09. The summed E-state index contributed by atoms with van der Waals surface area (Å²) in [5, 5.41) is 0. The van der Waals surface area contributed by atoms with Gasteiger partial charge in [-0.1, -0.05) is 42.0 Å². The van der Waals surface area contributed by atoms with Gasteiger partial charge in [-0.05, 0) is 40.6 Å². The Kier molecular flexibility index (Phi) is 1.82. The highest BCUT2D eigenvalue weighted by atomic mass is 127. The van der Waals surface area contributed by atoms with Crippen LogP contribution in [-0.2, 0) is 0 Å². The second-order valence-electron chi connectivity index (χ2n) is 4.49. The zero-order chi connectivity index (χ0) is 8.06. The summed E-state index contributed by atoms with van der Waals surface area (Å²) >= 11 is 2.41. The van der Waals surface area contributed by atoms with Crippen LogP contribution in [-0.4, -0.2) is 0 Å². The van der Waals surface area contributed by atoms with E-state index < -0.39 is 0 Å². The third-order valence-corrected chi connectivity index (χ3v) is 4.43. The molecule has 0 saturated heterocycles. The van der Waals surface area contributed by atoms with E-state index >= 15 is 0 Å². The molecule has 11 heavy (non-hydrogen) atoms. The number of hydrogen-bond donors (Lipinski definition) is 0. The molecule has 0 amide bonds. The lowest BCUT2D eigenvalue weighted by molar-refractivity contribution is 0.289. The number of allylic oxidation sites excluding steroid dienone is 1. The first-order chi connectivity index (χ1) is 5.16. The van der Waals surface area contributed by atoms with Gasteiger partial charge in [0.25, 0.3) is 0 Å². The molecule has 0 aromatic rings. The maximum Gasteiger partial charge on any atom is -0.0106 e. The summed E-state index contributed by atoms with van der Waals surface area (Å²) in [5.74, 6) is 1.94. The molecule has 0 heterocycles. The molecule has 0 N–H and O–H groups in total. The summed E-state index contributed by atoms with van der Waals surface area (Å²) < 4.78 is 2.33. The largest absolute Gasteiger partial charge is 0.0558 e. The fourth-order valence-corrected chi connectivity index (χ4v) is 4.22. The molecule has 2 rings (SSSR count). The Balaban J connectivity index is 2.36. The predicted octanol–water partition coefficient (Wildman–Crippen LogP) is 3.76. The van der Waals surface area contributed by atoms with Gasteiger partial charge in [-0.25, -0.2) is 0 Å². The minimum absolute atomic E-state index is 0.532. The van der Waals surface area contributed by atoms with Crippen molar-refractivity contribution in [2.24, 2.45) is 17.3 Å². The molecular weight excluding hydrogens is 247 g/mol. The van der Waals surface area contributed by atoms with Gasteiger partial charge in [0.2, 0.25) is 0 Å². The van der Waals surface area contributed by atoms with Crippen LogP contribution < -0.4 is 0 Å². The first-order valence-corrected chi connectivity index (χ1v) is 5.71. The SMILES string of the molecule is CC1(C)/C(=C/I)[C@H]2CC[C@@H]1C2. The average molecular weight is 262 g/mol. The molecule has 0 spiro atoms. The predicted molar refractivity (Wildman–Crippen MR) is 56.7 cm³/mol. The van der Waals surface area contributed by atoms with E-state index in [9.17, 15) is 0 Å². The van der Waals surface area contributed by atoms with Crippen LogP contribution in [0.4, 0.5) is 0 Å². The molecule has 0 unspecified atom stereocenters. The van der Waals surface area contributed by atoms with Crippen molar-refractivity contribution in [1.29, 1.82) is 0 Å². The minimum atomic E-state index is 0.532. The van der Waals surface area contributed by atoms with Crippen molar-refractivity contribution in [3.05, 3.63) is 9.66 Å². The quantitative estimate of drug-likeness (QED) is 0.583. The van der Waals surface area contributed by atoms with Crippen molar-refractivity contribution in [3.63, 3.8) is 0 Å². The summed E-state index contributed by atoms with van der Waals surface area (Å²) in [4.78, 5) is 0. The molecule has 2 saturated carbocycles. The Labute approximate surface area is 82.6 Å². The Morgan fingerprint density at radius 1 is 1.45 bits per heavy atom. The van der Waals surface area contributed by atoms with Crippen molar-refractivity contribution < 1.29 is 0 Å². The number of halogens is 1. The Morgan fingerprint density at radius 2 is 2.18 bits per heavy atom. The fraction of sp³-hybridized carbons (Fsp3) is 0.800. The molecule has 0 aromatic heterocycles. The molecule has 2 atom stereocenters.